The average Bonchev–Trinajstić information content (AvgIpc) is 3.81. The summed E-state index contributed by atoms with van der Waals surface area (Å²) in [5.74, 6) is 2.38. The fourth-order valence-electron chi connectivity index (χ4n) is 6.52. The summed E-state index contributed by atoms with van der Waals surface area (Å²) in [6.45, 7) is 6.91. The molecule has 12 heteroatoms. The molecule has 0 spiro atoms. The fourth-order valence-corrected chi connectivity index (χ4v) is 7.07. The average molecular weight is 618 g/mol. The standard InChI is InChI=1S/C32H40FN9OS/c1-21-11-15-40(16-12-21)23-13-17-41(18-14-23)24-9-10-26(34-19-24)37-32-35-20-25-29(33)30(22-7-8-22)42(31(25)38-32)28-6-4-5-27(36-28)39-44(2,3)43/h4-6,9-10,19-23H,7-8,11-18H2,1-3H3,(H,34,35,37,38). The lowest BCUT2D eigenvalue weighted by Crippen LogP contribution is -2.47. The molecule has 7 rings (SSSR count). The second-order valence-electron chi connectivity index (χ2n) is 12.8. The Bertz CT molecular complexity index is 1770. The van der Waals surface area contributed by atoms with Crippen molar-refractivity contribution in [2.24, 2.45) is 10.3 Å². The van der Waals surface area contributed by atoms with Crippen LogP contribution in [0.4, 0.5) is 27.7 Å². The van der Waals surface area contributed by atoms with Gasteiger partial charge in [0.1, 0.15) is 11.6 Å². The summed E-state index contributed by atoms with van der Waals surface area (Å²) in [4.78, 5) is 23.5. The third-order valence-electron chi connectivity index (χ3n) is 9.06. The van der Waals surface area contributed by atoms with Crippen LogP contribution in [0, 0.1) is 11.7 Å². The highest BCUT2D eigenvalue weighted by Crippen LogP contribution is 2.45. The summed E-state index contributed by atoms with van der Waals surface area (Å²) in [6.07, 6.45) is 13.3. The van der Waals surface area contributed by atoms with Crippen LogP contribution in [0.5, 0.6) is 0 Å². The Kier molecular flexibility index (Phi) is 7.74. The summed E-state index contributed by atoms with van der Waals surface area (Å²) in [7, 11) is -2.41. The number of fused-ring (bicyclic) bond motifs is 1. The zero-order chi connectivity index (χ0) is 30.4. The third-order valence-corrected chi connectivity index (χ3v) is 9.69. The lowest BCUT2D eigenvalue weighted by Gasteiger charge is -2.42. The molecule has 3 fully saturated rings. The number of aromatic nitrogens is 5. The quantitative estimate of drug-likeness (QED) is 0.268. The van der Waals surface area contributed by atoms with Crippen molar-refractivity contribution < 1.29 is 8.60 Å². The Morgan fingerprint density at radius 1 is 0.932 bits per heavy atom. The van der Waals surface area contributed by atoms with Crippen molar-refractivity contribution in [3.05, 3.63) is 54.2 Å². The second kappa shape index (κ2) is 11.7. The summed E-state index contributed by atoms with van der Waals surface area (Å²) in [5.41, 5.74) is 2.08. The summed E-state index contributed by atoms with van der Waals surface area (Å²) >= 11 is 0. The molecule has 0 amide bonds. The van der Waals surface area contributed by atoms with Gasteiger partial charge >= 0.3 is 0 Å². The number of hydrogen-bond donors (Lipinski definition) is 1. The van der Waals surface area contributed by atoms with Crippen LogP contribution < -0.4 is 10.2 Å². The first-order valence-corrected chi connectivity index (χ1v) is 18.0. The molecule has 232 valence electrons. The molecule has 0 atom stereocenters. The van der Waals surface area contributed by atoms with E-state index in [1.54, 1.807) is 35.3 Å². The maximum absolute atomic E-state index is 15.7. The number of nitrogens with one attached hydrogen (secondary N) is 1. The maximum atomic E-state index is 15.7. The highest BCUT2D eigenvalue weighted by molar-refractivity contribution is 7.92. The van der Waals surface area contributed by atoms with Crippen LogP contribution in [-0.2, 0) is 9.73 Å². The van der Waals surface area contributed by atoms with Gasteiger partial charge in [-0.3, -0.25) is 4.57 Å². The second-order valence-corrected chi connectivity index (χ2v) is 15.4. The molecule has 3 aliphatic rings. The maximum Gasteiger partial charge on any atom is 0.230 e. The van der Waals surface area contributed by atoms with E-state index < -0.39 is 9.73 Å². The molecule has 0 bridgehead atoms. The first-order valence-electron chi connectivity index (χ1n) is 15.7. The van der Waals surface area contributed by atoms with Gasteiger partial charge in [-0.05, 0) is 81.8 Å². The first kappa shape index (κ1) is 29.1. The van der Waals surface area contributed by atoms with E-state index in [1.807, 2.05) is 12.3 Å². The van der Waals surface area contributed by atoms with E-state index in [9.17, 15) is 4.21 Å². The topological polar surface area (TPSA) is 104 Å². The van der Waals surface area contributed by atoms with Crippen LogP contribution in [0.2, 0.25) is 0 Å². The van der Waals surface area contributed by atoms with Crippen LogP contribution >= 0.6 is 0 Å². The molecule has 1 N–H and O–H groups in total. The largest absolute Gasteiger partial charge is 0.370 e. The van der Waals surface area contributed by atoms with Crippen molar-refractivity contribution in [3.8, 4) is 5.82 Å². The van der Waals surface area contributed by atoms with Gasteiger partial charge in [-0.1, -0.05) is 13.0 Å². The third kappa shape index (κ3) is 6.14. The van der Waals surface area contributed by atoms with E-state index >= 15 is 4.39 Å². The Morgan fingerprint density at radius 2 is 1.70 bits per heavy atom. The van der Waals surface area contributed by atoms with E-state index in [0.717, 1.165) is 37.5 Å². The normalized spacial score (nSPS) is 19.0. The molecule has 0 aromatic carbocycles. The number of hydrogen-bond acceptors (Lipinski definition) is 9. The van der Waals surface area contributed by atoms with E-state index in [-0.39, 0.29) is 11.7 Å². The van der Waals surface area contributed by atoms with Gasteiger partial charge in [0.15, 0.2) is 17.3 Å². The minimum absolute atomic E-state index is 0.0902. The molecule has 44 heavy (non-hydrogen) atoms. The van der Waals surface area contributed by atoms with Crippen molar-refractivity contribution in [1.82, 2.24) is 29.4 Å². The number of nitrogens with zero attached hydrogens (tertiary/aromatic N) is 8. The Morgan fingerprint density at radius 3 is 2.39 bits per heavy atom. The highest BCUT2D eigenvalue weighted by Gasteiger charge is 2.34. The zero-order valence-electron chi connectivity index (χ0n) is 25.6. The van der Waals surface area contributed by atoms with Gasteiger partial charge in [0.05, 0.1) is 23.0 Å². The van der Waals surface area contributed by atoms with Crippen LogP contribution in [0.3, 0.4) is 0 Å². The minimum atomic E-state index is -2.41. The van der Waals surface area contributed by atoms with E-state index in [4.69, 9.17) is 4.98 Å². The number of rotatable bonds is 7. The monoisotopic (exact) mass is 617 g/mol. The van der Waals surface area contributed by atoms with Crippen molar-refractivity contribution >= 4 is 44.0 Å². The molecule has 10 nitrogen and oxygen atoms in total. The molecular formula is C32H40FN9OS. The number of halogens is 1. The van der Waals surface area contributed by atoms with E-state index in [2.05, 4.69) is 47.4 Å². The summed E-state index contributed by atoms with van der Waals surface area (Å²) in [6, 6.07) is 10.00. The molecule has 6 heterocycles. The fraction of sp³-hybridized carbons (Fsp3) is 0.500. The minimum Gasteiger partial charge on any atom is -0.370 e. The van der Waals surface area contributed by atoms with Gasteiger partial charge in [0, 0.05) is 53.5 Å². The Balaban J connectivity index is 1.10. The van der Waals surface area contributed by atoms with Crippen molar-refractivity contribution in [2.75, 3.05) is 48.9 Å². The number of piperidine rings is 2. The number of pyridine rings is 2. The lowest BCUT2D eigenvalue weighted by atomic mass is 9.95. The predicted molar refractivity (Wildman–Crippen MR) is 173 cm³/mol. The molecule has 1 saturated carbocycles. The van der Waals surface area contributed by atoms with Gasteiger partial charge in [0.2, 0.25) is 5.95 Å². The molecule has 2 saturated heterocycles. The molecule has 0 radical (unpaired) electrons. The van der Waals surface area contributed by atoms with Gasteiger partial charge in [-0.15, -0.1) is 0 Å². The molecule has 4 aromatic rings. The predicted octanol–water partition coefficient (Wildman–Crippen LogP) is 6.03. The molecular weight excluding hydrogens is 577 g/mol. The summed E-state index contributed by atoms with van der Waals surface area (Å²) < 4.78 is 34.0. The molecule has 1 aliphatic carbocycles. The Labute approximate surface area is 258 Å². The van der Waals surface area contributed by atoms with Gasteiger partial charge in [-0.25, -0.2) is 23.6 Å². The van der Waals surface area contributed by atoms with Crippen LogP contribution in [0.1, 0.15) is 57.1 Å². The SMILES string of the molecule is CC1CCN(C2CCN(c3ccc(Nc4ncc5c(F)c(C6CC6)n(-c6cccc(N=S(C)(C)=O)n6)c5n4)nc3)CC2)CC1. The molecule has 2 aliphatic heterocycles. The Hall–Kier alpha value is -3.64. The number of anilines is 3. The van der Waals surface area contributed by atoms with Crippen molar-refractivity contribution in [2.45, 2.75) is 57.4 Å². The van der Waals surface area contributed by atoms with Crippen molar-refractivity contribution in [1.29, 1.82) is 0 Å². The summed E-state index contributed by atoms with van der Waals surface area (Å²) in [5, 5.41) is 3.54. The lowest BCUT2D eigenvalue weighted by molar-refractivity contribution is 0.120. The van der Waals surface area contributed by atoms with Crippen LogP contribution in [0.15, 0.2) is 47.1 Å². The van der Waals surface area contributed by atoms with E-state index in [1.165, 1.54) is 45.0 Å². The highest BCUT2D eigenvalue weighted by atomic mass is 32.2. The number of likely N-dealkylation sites (tertiary alicyclic amines) is 1. The smallest absolute Gasteiger partial charge is 0.230 e. The zero-order valence-corrected chi connectivity index (χ0v) is 26.4. The van der Waals surface area contributed by atoms with Crippen LogP contribution in [-0.4, -0.2) is 78.3 Å². The van der Waals surface area contributed by atoms with Gasteiger partial charge in [-0.2, -0.15) is 9.35 Å². The van der Waals surface area contributed by atoms with E-state index in [0.29, 0.717) is 46.2 Å². The molecule has 0 unspecified atom stereocenters. The van der Waals surface area contributed by atoms with Crippen LogP contribution in [0.25, 0.3) is 16.9 Å². The van der Waals surface area contributed by atoms with Gasteiger partial charge < -0.3 is 15.1 Å². The van der Waals surface area contributed by atoms with Gasteiger partial charge in [0.25, 0.3) is 0 Å². The van der Waals surface area contributed by atoms with Crippen molar-refractivity contribution in [3.63, 3.8) is 0 Å². The molecule has 4 aromatic heterocycles. The first-order chi connectivity index (χ1) is 21.2.